The Hall–Kier alpha value is -1.88. The van der Waals surface area contributed by atoms with Crippen molar-refractivity contribution in [1.29, 1.82) is 0 Å². The Kier molecular flexibility index (Phi) is 3.10. The largest absolute Gasteiger partial charge is 0.437 e. The summed E-state index contributed by atoms with van der Waals surface area (Å²) in [6.07, 6.45) is 0. The van der Waals surface area contributed by atoms with E-state index in [-0.39, 0.29) is 6.04 Å². The van der Waals surface area contributed by atoms with Crippen molar-refractivity contribution in [2.45, 2.75) is 26.4 Å². The van der Waals surface area contributed by atoms with Gasteiger partial charge in [-0.05, 0) is 31.5 Å². The minimum absolute atomic E-state index is 0.0160. The molecule has 1 aromatic heterocycles. The highest BCUT2D eigenvalue weighted by Crippen LogP contribution is 2.17. The molecule has 5 heteroatoms. The Morgan fingerprint density at radius 1 is 1.47 bits per heavy atom. The molecule has 0 radical (unpaired) electrons. The van der Waals surface area contributed by atoms with E-state index in [4.69, 9.17) is 10.2 Å². The van der Waals surface area contributed by atoms with Crippen molar-refractivity contribution in [2.75, 3.05) is 0 Å². The third-order valence-corrected chi connectivity index (χ3v) is 2.47. The molecule has 1 aromatic carbocycles. The maximum atomic E-state index is 11.5. The van der Waals surface area contributed by atoms with Gasteiger partial charge in [-0.1, -0.05) is 12.1 Å². The second-order valence-electron chi connectivity index (χ2n) is 4.12. The van der Waals surface area contributed by atoms with Crippen LogP contribution >= 0.6 is 0 Å². The molecule has 5 nitrogen and oxygen atoms in total. The summed E-state index contributed by atoms with van der Waals surface area (Å²) in [5.74, 6) is -0.104. The van der Waals surface area contributed by atoms with E-state index in [0.29, 0.717) is 12.4 Å². The van der Waals surface area contributed by atoms with Crippen LogP contribution in [0.5, 0.6) is 0 Å². The van der Waals surface area contributed by atoms with Crippen molar-refractivity contribution >= 4 is 0 Å². The molecule has 2 aromatic rings. The molecule has 0 saturated carbocycles. The molecule has 90 valence electrons. The van der Waals surface area contributed by atoms with Crippen molar-refractivity contribution in [3.8, 4) is 11.5 Å². The molecular formula is C12H15N3O2. The Labute approximate surface area is 98.9 Å². The van der Waals surface area contributed by atoms with Crippen molar-refractivity contribution in [3.05, 3.63) is 40.4 Å². The molecule has 0 fully saturated rings. The summed E-state index contributed by atoms with van der Waals surface area (Å²) < 4.78 is 6.44. The lowest BCUT2D eigenvalue weighted by molar-refractivity contribution is 0.449. The number of rotatable bonds is 3. The van der Waals surface area contributed by atoms with Crippen molar-refractivity contribution < 1.29 is 4.42 Å². The van der Waals surface area contributed by atoms with Crippen LogP contribution < -0.4 is 11.5 Å². The molecular weight excluding hydrogens is 218 g/mol. The molecule has 0 aliphatic rings. The third kappa shape index (κ3) is 2.29. The van der Waals surface area contributed by atoms with E-state index in [9.17, 15) is 4.79 Å². The van der Waals surface area contributed by atoms with Crippen LogP contribution in [0, 0.1) is 0 Å². The maximum Gasteiger partial charge on any atom is 0.437 e. The summed E-state index contributed by atoms with van der Waals surface area (Å²) in [5, 5.41) is 4.15. The monoisotopic (exact) mass is 233 g/mol. The third-order valence-electron chi connectivity index (χ3n) is 2.47. The van der Waals surface area contributed by atoms with Crippen LogP contribution in [0.2, 0.25) is 0 Å². The van der Waals surface area contributed by atoms with Gasteiger partial charge in [0.05, 0.1) is 6.04 Å². The molecule has 0 bridgehead atoms. The molecule has 2 N–H and O–H groups in total. The summed E-state index contributed by atoms with van der Waals surface area (Å²) in [5.41, 5.74) is 7.31. The first kappa shape index (κ1) is 11.6. The Morgan fingerprint density at radius 2 is 2.24 bits per heavy atom. The van der Waals surface area contributed by atoms with E-state index in [1.807, 2.05) is 38.1 Å². The average molecular weight is 233 g/mol. The normalized spacial score (nSPS) is 11.1. The SMILES string of the molecule is CC(C)n1nc(-c2cccc(CN)c2)oc1=O. The molecule has 17 heavy (non-hydrogen) atoms. The van der Waals surface area contributed by atoms with E-state index >= 15 is 0 Å². The maximum absolute atomic E-state index is 11.5. The van der Waals surface area contributed by atoms with Crippen LogP contribution in [0.4, 0.5) is 0 Å². The fraction of sp³-hybridized carbons (Fsp3) is 0.333. The highest BCUT2D eigenvalue weighted by molar-refractivity contribution is 5.53. The second kappa shape index (κ2) is 4.55. The average Bonchev–Trinajstić information content (AvgIpc) is 2.71. The highest BCUT2D eigenvalue weighted by Gasteiger charge is 2.12. The van der Waals surface area contributed by atoms with Gasteiger partial charge in [-0.15, -0.1) is 5.10 Å². The van der Waals surface area contributed by atoms with Gasteiger partial charge in [0.15, 0.2) is 0 Å². The van der Waals surface area contributed by atoms with Crippen LogP contribution in [0.15, 0.2) is 33.5 Å². The lowest BCUT2D eigenvalue weighted by Gasteiger charge is -2.00. The quantitative estimate of drug-likeness (QED) is 0.872. The van der Waals surface area contributed by atoms with E-state index in [1.165, 1.54) is 4.68 Å². The summed E-state index contributed by atoms with van der Waals surface area (Å²) in [4.78, 5) is 11.5. The zero-order valence-electron chi connectivity index (χ0n) is 9.88. The summed E-state index contributed by atoms with van der Waals surface area (Å²) in [6, 6.07) is 7.48. The number of hydrogen-bond donors (Lipinski definition) is 1. The molecule has 0 spiro atoms. The van der Waals surface area contributed by atoms with E-state index in [0.717, 1.165) is 11.1 Å². The van der Waals surface area contributed by atoms with Gasteiger partial charge in [0, 0.05) is 12.1 Å². The zero-order valence-corrected chi connectivity index (χ0v) is 9.88. The minimum atomic E-state index is -0.437. The second-order valence-corrected chi connectivity index (χ2v) is 4.12. The van der Waals surface area contributed by atoms with Crippen LogP contribution in [0.1, 0.15) is 25.5 Å². The van der Waals surface area contributed by atoms with Crippen LogP contribution in [0.3, 0.4) is 0 Å². The van der Waals surface area contributed by atoms with Crippen molar-refractivity contribution in [3.63, 3.8) is 0 Å². The highest BCUT2D eigenvalue weighted by atomic mass is 16.4. The molecule has 0 saturated heterocycles. The number of nitrogens with zero attached hydrogens (tertiary/aromatic N) is 2. The number of benzene rings is 1. The van der Waals surface area contributed by atoms with Gasteiger partial charge in [-0.3, -0.25) is 0 Å². The molecule has 2 rings (SSSR count). The van der Waals surface area contributed by atoms with E-state index in [2.05, 4.69) is 5.10 Å². The van der Waals surface area contributed by atoms with E-state index < -0.39 is 5.76 Å². The standard InChI is InChI=1S/C12H15N3O2/c1-8(2)15-12(16)17-11(14-15)10-5-3-4-9(6-10)7-13/h3-6,8H,7,13H2,1-2H3. The number of hydrogen-bond acceptors (Lipinski definition) is 4. The Morgan fingerprint density at radius 3 is 2.82 bits per heavy atom. The first-order valence-corrected chi connectivity index (χ1v) is 5.51. The molecule has 0 unspecified atom stereocenters. The van der Waals surface area contributed by atoms with Crippen LogP contribution in [-0.4, -0.2) is 9.78 Å². The predicted molar refractivity (Wildman–Crippen MR) is 64.5 cm³/mol. The van der Waals surface area contributed by atoms with Crippen LogP contribution in [0.25, 0.3) is 11.5 Å². The summed E-state index contributed by atoms with van der Waals surface area (Å²) in [6.45, 7) is 4.21. The van der Waals surface area contributed by atoms with Gasteiger partial charge in [-0.25, -0.2) is 4.79 Å². The van der Waals surface area contributed by atoms with Gasteiger partial charge in [0.2, 0.25) is 5.89 Å². The lowest BCUT2D eigenvalue weighted by Crippen LogP contribution is -2.17. The fourth-order valence-electron chi connectivity index (χ4n) is 1.56. The van der Waals surface area contributed by atoms with Crippen LogP contribution in [-0.2, 0) is 6.54 Å². The lowest BCUT2D eigenvalue weighted by atomic mass is 10.1. The van der Waals surface area contributed by atoms with Gasteiger partial charge in [0.25, 0.3) is 0 Å². The minimum Gasteiger partial charge on any atom is -0.388 e. The Balaban J connectivity index is 2.46. The zero-order chi connectivity index (χ0) is 12.4. The van der Waals surface area contributed by atoms with Crippen molar-refractivity contribution in [1.82, 2.24) is 9.78 Å². The van der Waals surface area contributed by atoms with Gasteiger partial charge >= 0.3 is 5.76 Å². The molecule has 0 amide bonds. The molecule has 0 aliphatic heterocycles. The summed E-state index contributed by atoms with van der Waals surface area (Å²) >= 11 is 0. The van der Waals surface area contributed by atoms with E-state index in [1.54, 1.807) is 0 Å². The number of nitrogens with two attached hydrogens (primary N) is 1. The van der Waals surface area contributed by atoms with Gasteiger partial charge in [0.1, 0.15) is 0 Å². The topological polar surface area (TPSA) is 74.1 Å². The fourth-order valence-corrected chi connectivity index (χ4v) is 1.56. The van der Waals surface area contributed by atoms with Crippen molar-refractivity contribution in [2.24, 2.45) is 5.73 Å². The molecule has 0 aliphatic carbocycles. The molecule has 1 heterocycles. The first-order valence-electron chi connectivity index (χ1n) is 5.51. The summed E-state index contributed by atoms with van der Waals surface area (Å²) in [7, 11) is 0. The van der Waals surface area contributed by atoms with Gasteiger partial charge < -0.3 is 10.2 Å². The smallest absolute Gasteiger partial charge is 0.388 e. The first-order chi connectivity index (χ1) is 8.11. The van der Waals surface area contributed by atoms with Gasteiger partial charge in [-0.2, -0.15) is 4.68 Å². The molecule has 0 atom stereocenters. The predicted octanol–water partition coefficient (Wildman–Crippen LogP) is 1.54. The number of aromatic nitrogens is 2. The Bertz CT molecular complexity index is 569.